The molecule has 10 heteroatoms. The Morgan fingerprint density at radius 1 is 1.14 bits per heavy atom. The van der Waals surface area contributed by atoms with Gasteiger partial charge < -0.3 is 10.1 Å². The van der Waals surface area contributed by atoms with Crippen molar-refractivity contribution in [3.63, 3.8) is 0 Å². The number of amides is 1. The third-order valence-electron chi connectivity index (χ3n) is 3.63. The first-order valence-corrected chi connectivity index (χ1v) is 10.2. The molecule has 0 radical (unpaired) electrons. The first kappa shape index (κ1) is 21.8. The fourth-order valence-corrected chi connectivity index (χ4v) is 3.70. The third-order valence-corrected chi connectivity index (χ3v) is 5.39. The molecular formula is C18H20ClN3O5S. The molecule has 0 fully saturated rings. The molecule has 1 atom stereocenters. The lowest BCUT2D eigenvalue weighted by Gasteiger charge is -2.20. The Balaban J connectivity index is 1.99. The summed E-state index contributed by atoms with van der Waals surface area (Å²) >= 11 is 5.84. The zero-order chi connectivity index (χ0) is 20.7. The number of benzene rings is 1. The number of esters is 1. The van der Waals surface area contributed by atoms with E-state index in [9.17, 15) is 18.0 Å². The SMILES string of the molecule is CC(C)[C@H](NS(=O)(=O)c1ccccc1)C(=O)OCC(=O)Nc1cccnc1Cl. The molecule has 0 aliphatic heterocycles. The van der Waals surface area contributed by atoms with Crippen LogP contribution in [-0.2, 0) is 24.3 Å². The topological polar surface area (TPSA) is 114 Å². The van der Waals surface area contributed by atoms with Gasteiger partial charge in [-0.1, -0.05) is 43.6 Å². The van der Waals surface area contributed by atoms with E-state index >= 15 is 0 Å². The van der Waals surface area contributed by atoms with Gasteiger partial charge in [-0.2, -0.15) is 4.72 Å². The number of anilines is 1. The van der Waals surface area contributed by atoms with Crippen LogP contribution in [-0.4, -0.2) is 37.9 Å². The fraction of sp³-hybridized carbons (Fsp3) is 0.278. The van der Waals surface area contributed by atoms with E-state index in [2.05, 4.69) is 15.0 Å². The summed E-state index contributed by atoms with van der Waals surface area (Å²) in [7, 11) is -3.92. The van der Waals surface area contributed by atoms with Gasteiger partial charge >= 0.3 is 5.97 Å². The van der Waals surface area contributed by atoms with E-state index in [0.717, 1.165) is 0 Å². The molecule has 0 aliphatic carbocycles. The Labute approximate surface area is 168 Å². The van der Waals surface area contributed by atoms with Crippen molar-refractivity contribution >= 4 is 39.2 Å². The molecule has 1 amide bonds. The predicted octanol–water partition coefficient (Wildman–Crippen LogP) is 2.22. The second-order valence-corrected chi connectivity index (χ2v) is 8.23. The molecule has 150 valence electrons. The van der Waals surface area contributed by atoms with E-state index < -0.39 is 40.5 Å². The van der Waals surface area contributed by atoms with Crippen LogP contribution in [0.5, 0.6) is 0 Å². The number of rotatable bonds is 8. The molecule has 0 bridgehead atoms. The monoisotopic (exact) mass is 425 g/mol. The zero-order valence-corrected chi connectivity index (χ0v) is 16.8. The molecule has 1 aromatic carbocycles. The minimum absolute atomic E-state index is 0.0254. The van der Waals surface area contributed by atoms with Crippen molar-refractivity contribution in [1.29, 1.82) is 0 Å². The Morgan fingerprint density at radius 2 is 1.82 bits per heavy atom. The average molecular weight is 426 g/mol. The summed E-state index contributed by atoms with van der Waals surface area (Å²) in [5, 5.41) is 2.55. The van der Waals surface area contributed by atoms with Gasteiger partial charge in [0.05, 0.1) is 10.6 Å². The Kier molecular flexibility index (Phi) is 7.50. The number of halogens is 1. The van der Waals surface area contributed by atoms with Crippen LogP contribution in [0.1, 0.15) is 13.8 Å². The first-order valence-electron chi connectivity index (χ1n) is 8.35. The van der Waals surface area contributed by atoms with Crippen LogP contribution in [0.4, 0.5) is 5.69 Å². The van der Waals surface area contributed by atoms with Gasteiger partial charge in [-0.15, -0.1) is 0 Å². The van der Waals surface area contributed by atoms with Gasteiger partial charge in [0.15, 0.2) is 11.8 Å². The third kappa shape index (κ3) is 6.01. The molecule has 8 nitrogen and oxygen atoms in total. The first-order chi connectivity index (χ1) is 13.2. The largest absolute Gasteiger partial charge is 0.454 e. The fourth-order valence-electron chi connectivity index (χ4n) is 2.18. The van der Waals surface area contributed by atoms with Crippen molar-refractivity contribution in [3.05, 3.63) is 53.8 Å². The second-order valence-electron chi connectivity index (χ2n) is 6.15. The highest BCUT2D eigenvalue weighted by Crippen LogP contribution is 2.17. The number of nitrogens with zero attached hydrogens (tertiary/aromatic N) is 1. The van der Waals surface area contributed by atoms with E-state index in [4.69, 9.17) is 16.3 Å². The standard InChI is InChI=1S/C18H20ClN3O5S/c1-12(2)16(22-28(25,26)13-7-4-3-5-8-13)18(24)27-11-15(23)21-14-9-6-10-20-17(14)19/h3-10,12,16,22H,11H2,1-2H3,(H,21,23)/t16-/m0/s1. The van der Waals surface area contributed by atoms with E-state index in [1.165, 1.54) is 18.3 Å². The van der Waals surface area contributed by atoms with Gasteiger partial charge in [-0.05, 0) is 30.2 Å². The van der Waals surface area contributed by atoms with Gasteiger partial charge in [-0.3, -0.25) is 9.59 Å². The summed E-state index contributed by atoms with van der Waals surface area (Å²) in [6.45, 7) is 2.73. The van der Waals surface area contributed by atoms with Crippen molar-refractivity contribution in [1.82, 2.24) is 9.71 Å². The van der Waals surface area contributed by atoms with Crippen LogP contribution in [0, 0.1) is 5.92 Å². The smallest absolute Gasteiger partial charge is 0.324 e. The molecule has 2 N–H and O–H groups in total. The summed E-state index contributed by atoms with van der Waals surface area (Å²) in [6, 6.07) is 9.63. The van der Waals surface area contributed by atoms with Gasteiger partial charge in [0, 0.05) is 6.20 Å². The summed E-state index contributed by atoms with van der Waals surface area (Å²) in [5.41, 5.74) is 0.274. The quantitative estimate of drug-likeness (QED) is 0.495. The lowest BCUT2D eigenvalue weighted by Crippen LogP contribution is -2.45. The van der Waals surface area contributed by atoms with Crippen LogP contribution in [0.2, 0.25) is 5.15 Å². The molecule has 2 aromatic rings. The molecule has 1 aromatic heterocycles. The van der Waals surface area contributed by atoms with E-state index in [0.29, 0.717) is 0 Å². The predicted molar refractivity (Wildman–Crippen MR) is 104 cm³/mol. The van der Waals surface area contributed by atoms with Crippen LogP contribution in [0.15, 0.2) is 53.6 Å². The van der Waals surface area contributed by atoms with Crippen molar-refractivity contribution in [2.45, 2.75) is 24.8 Å². The average Bonchev–Trinajstić information content (AvgIpc) is 2.66. The number of carbonyl (C=O) groups is 2. The number of aromatic nitrogens is 1. The lowest BCUT2D eigenvalue weighted by atomic mass is 10.1. The maximum atomic E-state index is 12.4. The van der Waals surface area contributed by atoms with Gasteiger partial charge in [0.2, 0.25) is 10.0 Å². The molecule has 0 saturated carbocycles. The number of pyridine rings is 1. The number of ether oxygens (including phenoxy) is 1. The molecule has 28 heavy (non-hydrogen) atoms. The highest BCUT2D eigenvalue weighted by atomic mass is 35.5. The maximum Gasteiger partial charge on any atom is 0.324 e. The van der Waals surface area contributed by atoms with Crippen molar-refractivity contribution < 1.29 is 22.7 Å². The molecule has 2 rings (SSSR count). The summed E-state index contributed by atoms with van der Waals surface area (Å²) in [5.74, 6) is -1.89. The van der Waals surface area contributed by atoms with Crippen LogP contribution in [0.25, 0.3) is 0 Å². The molecule has 0 aliphatic rings. The second kappa shape index (κ2) is 9.63. The van der Waals surface area contributed by atoms with Crippen LogP contribution < -0.4 is 10.0 Å². The van der Waals surface area contributed by atoms with E-state index in [-0.39, 0.29) is 15.7 Å². The van der Waals surface area contributed by atoms with E-state index in [1.807, 2.05) is 0 Å². The highest BCUT2D eigenvalue weighted by molar-refractivity contribution is 7.89. The highest BCUT2D eigenvalue weighted by Gasteiger charge is 2.30. The Morgan fingerprint density at radius 3 is 2.43 bits per heavy atom. The van der Waals surface area contributed by atoms with Crippen molar-refractivity contribution in [2.24, 2.45) is 5.92 Å². The van der Waals surface area contributed by atoms with Gasteiger partial charge in [0.25, 0.3) is 5.91 Å². The molecule has 0 saturated heterocycles. The van der Waals surface area contributed by atoms with Gasteiger partial charge in [0.1, 0.15) is 6.04 Å². The summed E-state index contributed by atoms with van der Waals surface area (Å²) < 4.78 is 32.2. The maximum absolute atomic E-state index is 12.4. The number of hydrogen-bond donors (Lipinski definition) is 2. The van der Waals surface area contributed by atoms with Crippen molar-refractivity contribution in [2.75, 3.05) is 11.9 Å². The van der Waals surface area contributed by atoms with E-state index in [1.54, 1.807) is 44.2 Å². The normalized spacial score (nSPS) is 12.4. The summed E-state index contributed by atoms with van der Waals surface area (Å²) in [6.07, 6.45) is 1.46. The number of nitrogens with one attached hydrogen (secondary N) is 2. The number of hydrogen-bond acceptors (Lipinski definition) is 6. The molecule has 0 spiro atoms. The van der Waals surface area contributed by atoms with Gasteiger partial charge in [-0.25, -0.2) is 13.4 Å². The molecular weight excluding hydrogens is 406 g/mol. The molecule has 1 heterocycles. The Bertz CT molecular complexity index is 935. The Hall–Kier alpha value is -2.49. The molecule has 0 unspecified atom stereocenters. The minimum atomic E-state index is -3.92. The summed E-state index contributed by atoms with van der Waals surface area (Å²) in [4.78, 5) is 28.1. The number of carbonyl (C=O) groups excluding carboxylic acids is 2. The van der Waals surface area contributed by atoms with Crippen LogP contribution in [0.3, 0.4) is 0 Å². The lowest BCUT2D eigenvalue weighted by molar-refractivity contribution is -0.150. The minimum Gasteiger partial charge on any atom is -0.454 e. The number of sulfonamides is 1. The zero-order valence-electron chi connectivity index (χ0n) is 15.3. The van der Waals surface area contributed by atoms with Crippen LogP contribution >= 0.6 is 11.6 Å². The van der Waals surface area contributed by atoms with Crippen molar-refractivity contribution in [3.8, 4) is 0 Å².